The second-order valence-corrected chi connectivity index (χ2v) is 5.34. The highest BCUT2D eigenvalue weighted by molar-refractivity contribution is 5.19. The Balaban J connectivity index is 1.63. The number of nitrogens with one attached hydrogen (secondary N) is 1. The van der Waals surface area contributed by atoms with Crippen molar-refractivity contribution in [3.8, 4) is 5.75 Å². The van der Waals surface area contributed by atoms with Crippen molar-refractivity contribution >= 4 is 0 Å². The van der Waals surface area contributed by atoms with Crippen molar-refractivity contribution in [3.63, 3.8) is 0 Å². The first-order chi connectivity index (χ1) is 8.29. The van der Waals surface area contributed by atoms with E-state index >= 15 is 0 Å². The zero-order valence-corrected chi connectivity index (χ0v) is 10.4. The maximum atomic E-state index is 6.04. The van der Waals surface area contributed by atoms with Gasteiger partial charge in [0, 0.05) is 17.8 Å². The van der Waals surface area contributed by atoms with Gasteiger partial charge >= 0.3 is 0 Å². The number of ether oxygens (including phenoxy) is 1. The minimum absolute atomic E-state index is 0.371. The van der Waals surface area contributed by atoms with E-state index in [1.807, 2.05) is 25.3 Å². The first kappa shape index (κ1) is 11.0. The van der Waals surface area contributed by atoms with Crippen molar-refractivity contribution in [1.82, 2.24) is 10.3 Å². The zero-order chi connectivity index (χ0) is 11.7. The van der Waals surface area contributed by atoms with Crippen LogP contribution in [0.5, 0.6) is 5.75 Å². The average molecular weight is 232 g/mol. The Morgan fingerprint density at radius 3 is 2.65 bits per heavy atom. The van der Waals surface area contributed by atoms with Gasteiger partial charge < -0.3 is 10.1 Å². The molecule has 2 atom stereocenters. The summed E-state index contributed by atoms with van der Waals surface area (Å²) < 4.78 is 6.04. The first-order valence-corrected chi connectivity index (χ1v) is 6.65. The summed E-state index contributed by atoms with van der Waals surface area (Å²) in [5.41, 5.74) is 1.04. The van der Waals surface area contributed by atoms with E-state index < -0.39 is 0 Å². The van der Waals surface area contributed by atoms with E-state index in [1.165, 1.54) is 19.3 Å². The van der Waals surface area contributed by atoms with Gasteiger partial charge in [0.2, 0.25) is 0 Å². The number of hydrogen-bond acceptors (Lipinski definition) is 3. The van der Waals surface area contributed by atoms with E-state index in [-0.39, 0.29) is 0 Å². The number of rotatable bonds is 2. The quantitative estimate of drug-likeness (QED) is 0.850. The summed E-state index contributed by atoms with van der Waals surface area (Å²) in [6.45, 7) is 2.00. The highest BCUT2D eigenvalue weighted by Crippen LogP contribution is 2.28. The molecule has 1 N–H and O–H groups in total. The molecular formula is C14H20N2O. The van der Waals surface area contributed by atoms with E-state index in [1.54, 1.807) is 0 Å². The summed E-state index contributed by atoms with van der Waals surface area (Å²) >= 11 is 0. The molecule has 0 saturated carbocycles. The molecule has 17 heavy (non-hydrogen) atoms. The molecule has 2 saturated heterocycles. The Morgan fingerprint density at radius 1 is 1.24 bits per heavy atom. The second-order valence-electron chi connectivity index (χ2n) is 5.34. The standard InChI is InChI=1S/C14H20N2O/c1-10-5-6-13(9-15-10)17-14-7-11-3-2-4-12(8-14)16-11/h5-6,9,11-12,14,16H,2-4,7-8H2,1H3. The lowest BCUT2D eigenvalue weighted by Gasteiger charge is -2.40. The molecule has 0 aliphatic carbocycles. The number of hydrogen-bond donors (Lipinski definition) is 1. The van der Waals surface area contributed by atoms with Gasteiger partial charge in [0.1, 0.15) is 11.9 Å². The summed E-state index contributed by atoms with van der Waals surface area (Å²) in [4.78, 5) is 4.28. The van der Waals surface area contributed by atoms with Crippen LogP contribution in [-0.2, 0) is 0 Å². The lowest BCUT2D eigenvalue weighted by atomic mass is 9.85. The summed E-state index contributed by atoms with van der Waals surface area (Å²) in [6, 6.07) is 5.38. The maximum Gasteiger partial charge on any atom is 0.138 e. The van der Waals surface area contributed by atoms with E-state index in [0.29, 0.717) is 18.2 Å². The summed E-state index contributed by atoms with van der Waals surface area (Å²) in [5.74, 6) is 0.917. The van der Waals surface area contributed by atoms with Gasteiger partial charge in [0.05, 0.1) is 6.20 Å². The molecule has 0 aromatic carbocycles. The number of pyridine rings is 1. The van der Waals surface area contributed by atoms with Crippen LogP contribution in [0.15, 0.2) is 18.3 Å². The second kappa shape index (κ2) is 4.65. The highest BCUT2D eigenvalue weighted by atomic mass is 16.5. The Kier molecular flexibility index (Phi) is 3.02. The van der Waals surface area contributed by atoms with Crippen LogP contribution in [0.2, 0.25) is 0 Å². The van der Waals surface area contributed by atoms with Crippen molar-refractivity contribution in [3.05, 3.63) is 24.0 Å². The molecule has 2 aliphatic heterocycles. The van der Waals surface area contributed by atoms with Gasteiger partial charge in [-0.1, -0.05) is 6.42 Å². The van der Waals surface area contributed by atoms with E-state index in [9.17, 15) is 0 Å². The normalized spacial score (nSPS) is 32.2. The molecule has 0 radical (unpaired) electrons. The van der Waals surface area contributed by atoms with Gasteiger partial charge in [-0.3, -0.25) is 4.98 Å². The van der Waals surface area contributed by atoms with Gasteiger partial charge in [0.25, 0.3) is 0 Å². The summed E-state index contributed by atoms with van der Waals surface area (Å²) in [5, 5.41) is 3.68. The molecule has 2 aliphatic rings. The first-order valence-electron chi connectivity index (χ1n) is 6.65. The monoisotopic (exact) mass is 232 g/mol. The van der Waals surface area contributed by atoms with Gasteiger partial charge in [0.15, 0.2) is 0 Å². The lowest BCUT2D eigenvalue weighted by molar-refractivity contribution is 0.0924. The SMILES string of the molecule is Cc1ccc(OC2CC3CCCC(C2)N3)cn1. The molecule has 0 amide bonds. The average Bonchev–Trinajstić information content (AvgIpc) is 2.32. The van der Waals surface area contributed by atoms with Gasteiger partial charge in [-0.05, 0) is 44.7 Å². The Hall–Kier alpha value is -1.09. The molecule has 2 bridgehead atoms. The van der Waals surface area contributed by atoms with Crippen LogP contribution >= 0.6 is 0 Å². The van der Waals surface area contributed by atoms with Crippen molar-refractivity contribution in [2.24, 2.45) is 0 Å². The molecule has 3 heterocycles. The topological polar surface area (TPSA) is 34.1 Å². The predicted octanol–water partition coefficient (Wildman–Crippen LogP) is 2.44. The van der Waals surface area contributed by atoms with Crippen LogP contribution in [0.25, 0.3) is 0 Å². The number of aryl methyl sites for hydroxylation is 1. The summed E-state index contributed by atoms with van der Waals surface area (Å²) in [6.07, 6.45) is 8.49. The minimum Gasteiger partial charge on any atom is -0.489 e. The lowest BCUT2D eigenvalue weighted by Crippen LogP contribution is -2.51. The van der Waals surface area contributed by atoms with E-state index in [0.717, 1.165) is 24.3 Å². The molecule has 92 valence electrons. The van der Waals surface area contributed by atoms with Gasteiger partial charge in [-0.2, -0.15) is 0 Å². The van der Waals surface area contributed by atoms with E-state index in [2.05, 4.69) is 10.3 Å². The molecule has 1 aromatic rings. The van der Waals surface area contributed by atoms with Gasteiger partial charge in [-0.25, -0.2) is 0 Å². The maximum absolute atomic E-state index is 6.04. The number of aromatic nitrogens is 1. The van der Waals surface area contributed by atoms with Crippen molar-refractivity contribution in [2.45, 2.75) is 57.2 Å². The van der Waals surface area contributed by atoms with Gasteiger partial charge in [-0.15, -0.1) is 0 Å². The third-order valence-electron chi connectivity index (χ3n) is 3.86. The van der Waals surface area contributed by atoms with Crippen molar-refractivity contribution < 1.29 is 4.74 Å². The molecule has 1 aromatic heterocycles. The Morgan fingerprint density at radius 2 is 2.00 bits per heavy atom. The molecular weight excluding hydrogens is 212 g/mol. The number of fused-ring (bicyclic) bond motifs is 2. The van der Waals surface area contributed by atoms with Crippen molar-refractivity contribution in [1.29, 1.82) is 0 Å². The van der Waals surface area contributed by atoms with Crippen molar-refractivity contribution in [2.75, 3.05) is 0 Å². The summed E-state index contributed by atoms with van der Waals surface area (Å²) in [7, 11) is 0. The van der Waals surface area contributed by atoms with Crippen LogP contribution in [0, 0.1) is 6.92 Å². The molecule has 3 nitrogen and oxygen atoms in total. The third kappa shape index (κ3) is 2.60. The fraction of sp³-hybridized carbons (Fsp3) is 0.643. The Labute approximate surface area is 103 Å². The highest BCUT2D eigenvalue weighted by Gasteiger charge is 2.32. The van der Waals surface area contributed by atoms with Crippen LogP contribution in [0.1, 0.15) is 37.8 Å². The van der Waals surface area contributed by atoms with Crippen LogP contribution < -0.4 is 10.1 Å². The zero-order valence-electron chi connectivity index (χ0n) is 10.4. The molecule has 2 fully saturated rings. The van der Waals surface area contributed by atoms with Crippen LogP contribution in [-0.4, -0.2) is 23.2 Å². The van der Waals surface area contributed by atoms with Crippen LogP contribution in [0.4, 0.5) is 0 Å². The molecule has 0 spiro atoms. The van der Waals surface area contributed by atoms with Crippen LogP contribution in [0.3, 0.4) is 0 Å². The number of piperidine rings is 2. The molecule has 2 unspecified atom stereocenters. The smallest absolute Gasteiger partial charge is 0.138 e. The Bertz CT molecular complexity index is 364. The predicted molar refractivity (Wildman–Crippen MR) is 67.2 cm³/mol. The van der Waals surface area contributed by atoms with E-state index in [4.69, 9.17) is 4.74 Å². The molecule has 3 heteroatoms. The largest absolute Gasteiger partial charge is 0.489 e. The third-order valence-corrected chi connectivity index (χ3v) is 3.86. The fourth-order valence-electron chi connectivity index (χ4n) is 3.03. The molecule has 3 rings (SSSR count). The fourth-order valence-corrected chi connectivity index (χ4v) is 3.03. The number of nitrogens with zero attached hydrogens (tertiary/aromatic N) is 1. The minimum atomic E-state index is 0.371.